The van der Waals surface area contributed by atoms with Crippen molar-refractivity contribution in [1.29, 1.82) is 0 Å². The van der Waals surface area contributed by atoms with E-state index >= 15 is 0 Å². The molecule has 10 heteroatoms. The molecule has 3 aromatic rings. The van der Waals surface area contributed by atoms with Gasteiger partial charge in [-0.25, -0.2) is 9.79 Å². The first-order chi connectivity index (χ1) is 17.8. The zero-order chi connectivity index (χ0) is 26.5. The summed E-state index contributed by atoms with van der Waals surface area (Å²) in [6.45, 7) is 2.22. The van der Waals surface area contributed by atoms with Crippen LogP contribution >= 0.6 is 73.5 Å². The Hall–Kier alpha value is -1.98. The lowest BCUT2D eigenvalue weighted by atomic mass is 10.1. The minimum Gasteiger partial charge on any atom is -0.506 e. The van der Waals surface area contributed by atoms with Crippen LogP contribution in [0.3, 0.4) is 0 Å². The number of aliphatic hydroxyl groups excluding tert-OH is 1. The second-order valence-electron chi connectivity index (χ2n) is 7.66. The van der Waals surface area contributed by atoms with Crippen LogP contribution in [-0.2, 0) is 16.1 Å². The van der Waals surface area contributed by atoms with Crippen molar-refractivity contribution in [2.45, 2.75) is 13.5 Å². The van der Waals surface area contributed by atoms with Crippen LogP contribution in [0.15, 0.2) is 86.4 Å². The van der Waals surface area contributed by atoms with Crippen LogP contribution in [0.1, 0.15) is 18.1 Å². The summed E-state index contributed by atoms with van der Waals surface area (Å²) in [7, 11) is 0. The summed E-state index contributed by atoms with van der Waals surface area (Å²) in [6.07, 6.45) is 1.79. The van der Waals surface area contributed by atoms with Gasteiger partial charge < -0.3 is 14.6 Å². The zero-order valence-electron chi connectivity index (χ0n) is 19.3. The number of hydrogen-bond acceptors (Lipinski definition) is 6. The third-order valence-electron chi connectivity index (χ3n) is 5.04. The molecule has 0 radical (unpaired) electrons. The molecule has 3 aromatic carbocycles. The summed E-state index contributed by atoms with van der Waals surface area (Å²) in [6, 6.07) is 18.4. The number of para-hydroxylation sites is 1. The molecule has 0 amide bonds. The van der Waals surface area contributed by atoms with Gasteiger partial charge in [0.15, 0.2) is 0 Å². The molecule has 190 valence electrons. The molecule has 1 aliphatic heterocycles. The van der Waals surface area contributed by atoms with Crippen LogP contribution in [-0.4, -0.2) is 22.7 Å². The highest BCUT2D eigenvalue weighted by atomic mass is 127. The molecule has 0 spiro atoms. The van der Waals surface area contributed by atoms with Crippen LogP contribution in [0.25, 0.3) is 6.08 Å². The average Bonchev–Trinajstić information content (AvgIpc) is 3.15. The Bertz CT molecular complexity index is 1420. The Balaban J connectivity index is 1.62. The van der Waals surface area contributed by atoms with Gasteiger partial charge in [0.25, 0.3) is 0 Å². The van der Waals surface area contributed by atoms with Gasteiger partial charge >= 0.3 is 5.97 Å². The fraction of sp³-hybridized carbons (Fsp3) is 0.111. The van der Waals surface area contributed by atoms with Crippen molar-refractivity contribution in [3.05, 3.63) is 106 Å². The molecule has 0 saturated carbocycles. The number of benzene rings is 3. The van der Waals surface area contributed by atoms with E-state index in [2.05, 4.69) is 43.5 Å². The maximum atomic E-state index is 12.6. The zero-order valence-corrected chi connectivity index (χ0v) is 25.4. The Labute approximate surface area is 250 Å². The maximum Gasteiger partial charge on any atom is 0.344 e. The first-order valence-corrected chi connectivity index (χ1v) is 14.4. The van der Waals surface area contributed by atoms with E-state index in [4.69, 9.17) is 32.7 Å². The van der Waals surface area contributed by atoms with E-state index in [1.165, 1.54) is 11.8 Å². The fourth-order valence-electron chi connectivity index (χ4n) is 3.35. The number of carbonyl (C=O) groups is 1. The SMILES string of the molecule is CCOC(=O)C1=C(O)/C(=C/c2cc(Br)c(OCc3ccc(Cl)c(Cl)c3)c(I)c2)SC1=Nc1ccccc1. The van der Waals surface area contributed by atoms with Crippen molar-refractivity contribution >= 4 is 96.3 Å². The molecule has 0 aliphatic carbocycles. The van der Waals surface area contributed by atoms with E-state index in [0.29, 0.717) is 38.0 Å². The molecule has 5 nitrogen and oxygen atoms in total. The first-order valence-electron chi connectivity index (χ1n) is 11.0. The van der Waals surface area contributed by atoms with Gasteiger partial charge in [0.05, 0.1) is 35.3 Å². The van der Waals surface area contributed by atoms with Gasteiger partial charge in [0.2, 0.25) is 0 Å². The normalized spacial score (nSPS) is 15.5. The van der Waals surface area contributed by atoms with Crippen LogP contribution in [0.5, 0.6) is 5.75 Å². The minimum absolute atomic E-state index is 0.0531. The van der Waals surface area contributed by atoms with Crippen LogP contribution < -0.4 is 4.74 Å². The molecule has 1 heterocycles. The van der Waals surface area contributed by atoms with Crippen LogP contribution in [0.4, 0.5) is 5.69 Å². The summed E-state index contributed by atoms with van der Waals surface area (Å²) >= 11 is 19.1. The summed E-state index contributed by atoms with van der Waals surface area (Å²) in [5, 5.41) is 12.3. The van der Waals surface area contributed by atoms with Crippen molar-refractivity contribution in [3.8, 4) is 5.75 Å². The predicted molar refractivity (Wildman–Crippen MR) is 163 cm³/mol. The summed E-state index contributed by atoms with van der Waals surface area (Å²) in [4.78, 5) is 17.7. The van der Waals surface area contributed by atoms with E-state index in [1.807, 2.05) is 48.5 Å². The van der Waals surface area contributed by atoms with Crippen molar-refractivity contribution < 1.29 is 19.4 Å². The number of halogens is 4. The highest BCUT2D eigenvalue weighted by Gasteiger charge is 2.33. The molecule has 0 aromatic heterocycles. The Morgan fingerprint density at radius 3 is 2.57 bits per heavy atom. The Kier molecular flexibility index (Phi) is 9.63. The number of esters is 1. The topological polar surface area (TPSA) is 68.1 Å². The molecule has 0 atom stereocenters. The van der Waals surface area contributed by atoms with Gasteiger partial charge in [-0.1, -0.05) is 59.2 Å². The van der Waals surface area contributed by atoms with Gasteiger partial charge in [-0.05, 0) is 99.0 Å². The molecule has 4 rings (SSSR count). The summed E-state index contributed by atoms with van der Waals surface area (Å²) in [5.74, 6) is -0.109. The monoisotopic (exact) mass is 729 g/mol. The second-order valence-corrected chi connectivity index (χ2v) is 11.5. The molecule has 0 bridgehead atoms. The average molecular weight is 731 g/mol. The molecule has 1 N–H and O–H groups in total. The van der Waals surface area contributed by atoms with Gasteiger partial charge in [-0.15, -0.1) is 0 Å². The number of aliphatic imine (C=N–C) groups is 1. The number of carbonyl (C=O) groups excluding carboxylic acids is 1. The smallest absolute Gasteiger partial charge is 0.344 e. The first kappa shape index (κ1) is 28.0. The van der Waals surface area contributed by atoms with Crippen molar-refractivity contribution in [3.63, 3.8) is 0 Å². The van der Waals surface area contributed by atoms with E-state index in [9.17, 15) is 9.90 Å². The lowest BCUT2D eigenvalue weighted by Crippen LogP contribution is -2.12. The second kappa shape index (κ2) is 12.7. The Morgan fingerprint density at radius 2 is 1.89 bits per heavy atom. The Morgan fingerprint density at radius 1 is 1.14 bits per heavy atom. The summed E-state index contributed by atoms with van der Waals surface area (Å²) < 4.78 is 12.8. The van der Waals surface area contributed by atoms with E-state index in [1.54, 1.807) is 25.1 Å². The van der Waals surface area contributed by atoms with Crippen molar-refractivity contribution in [2.24, 2.45) is 4.99 Å². The summed E-state index contributed by atoms with van der Waals surface area (Å²) in [5.41, 5.74) is 2.41. The van der Waals surface area contributed by atoms with Gasteiger partial charge in [0.1, 0.15) is 28.7 Å². The molecule has 0 unspecified atom stereocenters. The van der Waals surface area contributed by atoms with E-state index in [0.717, 1.165) is 19.2 Å². The van der Waals surface area contributed by atoms with Crippen LogP contribution in [0, 0.1) is 3.57 Å². The number of rotatable bonds is 7. The lowest BCUT2D eigenvalue weighted by Gasteiger charge is -2.12. The number of hydrogen-bond donors (Lipinski definition) is 1. The highest BCUT2D eigenvalue weighted by molar-refractivity contribution is 14.1. The quantitative estimate of drug-likeness (QED) is 0.194. The standard InChI is InChI=1S/C27H19BrCl2INO4S/c1-2-35-27(34)23-24(33)22(37-26(23)32-17-6-4-3-5-7-17)13-16-10-18(28)25(21(31)12-16)36-14-15-8-9-19(29)20(30)11-15/h3-13,33H,2,14H2,1H3/b22-13-,32-26?. The molecule has 0 fully saturated rings. The third kappa shape index (κ3) is 6.92. The predicted octanol–water partition coefficient (Wildman–Crippen LogP) is 9.13. The van der Waals surface area contributed by atoms with E-state index < -0.39 is 5.97 Å². The molecule has 0 saturated heterocycles. The van der Waals surface area contributed by atoms with Crippen molar-refractivity contribution in [2.75, 3.05) is 6.61 Å². The number of aliphatic hydroxyl groups is 1. The van der Waals surface area contributed by atoms with E-state index in [-0.39, 0.29) is 17.9 Å². The fourth-order valence-corrected chi connectivity index (χ4v) is 6.47. The number of thioether (sulfide) groups is 1. The third-order valence-corrected chi connectivity index (χ3v) is 8.19. The van der Waals surface area contributed by atoms with Crippen LogP contribution in [0.2, 0.25) is 10.0 Å². The minimum atomic E-state index is -0.618. The molecule has 1 aliphatic rings. The number of nitrogens with zero attached hydrogens (tertiary/aromatic N) is 1. The largest absolute Gasteiger partial charge is 0.506 e. The van der Waals surface area contributed by atoms with Gasteiger partial charge in [-0.3, -0.25) is 0 Å². The maximum absolute atomic E-state index is 12.6. The highest BCUT2D eigenvalue weighted by Crippen LogP contribution is 2.41. The molecular formula is C27H19BrCl2INO4S. The lowest BCUT2D eigenvalue weighted by molar-refractivity contribution is -0.138. The molecule has 37 heavy (non-hydrogen) atoms. The van der Waals surface area contributed by atoms with Gasteiger partial charge in [0, 0.05) is 0 Å². The van der Waals surface area contributed by atoms with Gasteiger partial charge in [-0.2, -0.15) is 0 Å². The van der Waals surface area contributed by atoms with Crippen molar-refractivity contribution in [1.82, 2.24) is 0 Å². The number of ether oxygens (including phenoxy) is 2. The molecular weight excluding hydrogens is 712 g/mol.